The van der Waals surface area contributed by atoms with Crippen molar-refractivity contribution in [3.63, 3.8) is 0 Å². The number of amides is 2. The van der Waals surface area contributed by atoms with Gasteiger partial charge in [-0.25, -0.2) is 0 Å². The predicted molar refractivity (Wildman–Crippen MR) is 79.7 cm³/mol. The molecular formula is C14H19N3O2S. The van der Waals surface area contributed by atoms with Crippen molar-refractivity contribution in [1.29, 1.82) is 0 Å². The van der Waals surface area contributed by atoms with E-state index in [4.69, 9.17) is 5.73 Å². The van der Waals surface area contributed by atoms with E-state index >= 15 is 0 Å². The Morgan fingerprint density at radius 1 is 1.45 bits per heavy atom. The Kier molecular flexibility index (Phi) is 5.03. The van der Waals surface area contributed by atoms with Crippen LogP contribution in [-0.2, 0) is 4.79 Å². The second kappa shape index (κ2) is 6.76. The van der Waals surface area contributed by atoms with Crippen molar-refractivity contribution in [2.75, 3.05) is 25.4 Å². The molecule has 1 atom stereocenters. The number of nitrogens with one attached hydrogen (secondary N) is 1. The normalized spacial score (nSPS) is 18.9. The van der Waals surface area contributed by atoms with E-state index in [1.165, 1.54) is 11.8 Å². The van der Waals surface area contributed by atoms with E-state index in [0.717, 1.165) is 11.4 Å². The number of nitrogens with zero attached hydrogens (tertiary/aromatic N) is 1. The van der Waals surface area contributed by atoms with Gasteiger partial charge in [0.1, 0.15) is 0 Å². The van der Waals surface area contributed by atoms with Gasteiger partial charge in [-0.2, -0.15) is 0 Å². The van der Waals surface area contributed by atoms with Gasteiger partial charge in [0.25, 0.3) is 5.91 Å². The molecule has 1 aromatic carbocycles. The van der Waals surface area contributed by atoms with E-state index in [1.54, 1.807) is 6.07 Å². The zero-order valence-corrected chi connectivity index (χ0v) is 12.3. The summed E-state index contributed by atoms with van der Waals surface area (Å²) in [7, 11) is 0. The van der Waals surface area contributed by atoms with Crippen molar-refractivity contribution in [3.05, 3.63) is 29.8 Å². The summed E-state index contributed by atoms with van der Waals surface area (Å²) in [6.45, 7) is 4.28. The summed E-state index contributed by atoms with van der Waals surface area (Å²) in [5.74, 6) is -0.179. The molecule has 20 heavy (non-hydrogen) atoms. The topological polar surface area (TPSA) is 75.4 Å². The van der Waals surface area contributed by atoms with E-state index in [2.05, 4.69) is 12.2 Å². The summed E-state index contributed by atoms with van der Waals surface area (Å²) in [5, 5.41) is 3.31. The first-order chi connectivity index (χ1) is 9.58. The molecule has 3 N–H and O–H groups in total. The maximum atomic E-state index is 12.6. The Hall–Kier alpha value is -1.53. The molecule has 1 heterocycles. The second-order valence-electron chi connectivity index (χ2n) is 4.86. The Balaban J connectivity index is 2.14. The molecule has 2 amide bonds. The average Bonchev–Trinajstić information content (AvgIpc) is 2.44. The zero-order chi connectivity index (χ0) is 14.5. The lowest BCUT2D eigenvalue weighted by Crippen LogP contribution is -2.51. The minimum Gasteiger partial charge on any atom is -0.369 e. The van der Waals surface area contributed by atoms with Gasteiger partial charge in [0, 0.05) is 30.6 Å². The number of hydrogen-bond acceptors (Lipinski definition) is 4. The molecule has 6 heteroatoms. The first kappa shape index (κ1) is 14.9. The van der Waals surface area contributed by atoms with E-state index < -0.39 is 0 Å². The zero-order valence-electron chi connectivity index (χ0n) is 11.5. The van der Waals surface area contributed by atoms with Crippen LogP contribution in [0.15, 0.2) is 29.2 Å². The van der Waals surface area contributed by atoms with Gasteiger partial charge in [-0.1, -0.05) is 12.1 Å². The minimum atomic E-state index is -0.381. The van der Waals surface area contributed by atoms with Gasteiger partial charge in [-0.3, -0.25) is 9.59 Å². The number of primary amides is 1. The van der Waals surface area contributed by atoms with Crippen LogP contribution in [0.5, 0.6) is 0 Å². The monoisotopic (exact) mass is 293 g/mol. The highest BCUT2D eigenvalue weighted by molar-refractivity contribution is 8.00. The highest BCUT2D eigenvalue weighted by Gasteiger charge is 2.23. The van der Waals surface area contributed by atoms with Crippen LogP contribution < -0.4 is 11.1 Å². The van der Waals surface area contributed by atoms with E-state index in [9.17, 15) is 9.59 Å². The largest absolute Gasteiger partial charge is 0.369 e. The molecule has 1 saturated heterocycles. The third kappa shape index (κ3) is 3.74. The predicted octanol–water partition coefficient (Wildman–Crippen LogP) is 0.698. The standard InChI is InChI=1S/C14H19N3O2S/c1-10-8-17(7-6-16-10)14(19)11-4-2-3-5-12(11)20-9-13(15)18/h2-5,10,16H,6-9H2,1H3,(H2,15,18). The van der Waals surface area contributed by atoms with Gasteiger partial charge in [-0.05, 0) is 19.1 Å². The lowest BCUT2D eigenvalue weighted by atomic mass is 10.1. The van der Waals surface area contributed by atoms with Crippen molar-refractivity contribution in [2.45, 2.75) is 17.9 Å². The number of hydrogen-bond donors (Lipinski definition) is 2. The number of benzene rings is 1. The van der Waals surface area contributed by atoms with Crippen molar-refractivity contribution in [1.82, 2.24) is 10.2 Å². The summed E-state index contributed by atoms with van der Waals surface area (Å²) in [6, 6.07) is 7.66. The fraction of sp³-hybridized carbons (Fsp3) is 0.429. The molecular weight excluding hydrogens is 274 g/mol. The van der Waals surface area contributed by atoms with Gasteiger partial charge < -0.3 is 16.0 Å². The summed E-state index contributed by atoms with van der Waals surface area (Å²) >= 11 is 1.31. The summed E-state index contributed by atoms with van der Waals surface area (Å²) in [4.78, 5) is 26.1. The molecule has 0 spiro atoms. The molecule has 1 unspecified atom stereocenters. The number of nitrogens with two attached hydrogens (primary N) is 1. The number of carbonyl (C=O) groups excluding carboxylic acids is 2. The van der Waals surface area contributed by atoms with Crippen LogP contribution in [0.25, 0.3) is 0 Å². The van der Waals surface area contributed by atoms with E-state index in [-0.39, 0.29) is 17.6 Å². The fourth-order valence-corrected chi connectivity index (χ4v) is 2.99. The highest BCUT2D eigenvalue weighted by atomic mass is 32.2. The number of piperazine rings is 1. The van der Waals surface area contributed by atoms with Crippen molar-refractivity contribution >= 4 is 23.6 Å². The third-order valence-electron chi connectivity index (χ3n) is 3.14. The molecule has 5 nitrogen and oxygen atoms in total. The van der Waals surface area contributed by atoms with Crippen LogP contribution >= 0.6 is 11.8 Å². The summed E-state index contributed by atoms with van der Waals surface area (Å²) in [6.07, 6.45) is 0. The number of thioether (sulfide) groups is 1. The molecule has 0 aromatic heterocycles. The Morgan fingerprint density at radius 3 is 2.90 bits per heavy atom. The highest BCUT2D eigenvalue weighted by Crippen LogP contribution is 2.24. The average molecular weight is 293 g/mol. The van der Waals surface area contributed by atoms with Gasteiger partial charge in [0.15, 0.2) is 0 Å². The van der Waals surface area contributed by atoms with Gasteiger partial charge in [-0.15, -0.1) is 11.8 Å². The first-order valence-corrected chi connectivity index (χ1v) is 7.59. The Bertz CT molecular complexity index is 507. The number of carbonyl (C=O) groups is 2. The van der Waals surface area contributed by atoms with Crippen molar-refractivity contribution in [3.8, 4) is 0 Å². The van der Waals surface area contributed by atoms with Crippen LogP contribution in [0, 0.1) is 0 Å². The summed E-state index contributed by atoms with van der Waals surface area (Å²) < 4.78 is 0. The molecule has 0 aliphatic carbocycles. The van der Waals surface area contributed by atoms with Crippen LogP contribution in [0.4, 0.5) is 0 Å². The molecule has 0 radical (unpaired) electrons. The van der Waals surface area contributed by atoms with Crippen LogP contribution in [0.3, 0.4) is 0 Å². The van der Waals surface area contributed by atoms with Crippen LogP contribution in [-0.4, -0.2) is 48.1 Å². The van der Waals surface area contributed by atoms with Gasteiger partial charge in [0.05, 0.1) is 11.3 Å². The van der Waals surface area contributed by atoms with Crippen LogP contribution in [0.2, 0.25) is 0 Å². The lowest BCUT2D eigenvalue weighted by molar-refractivity contribution is -0.115. The molecule has 0 bridgehead atoms. The quantitative estimate of drug-likeness (QED) is 0.801. The Morgan fingerprint density at radius 2 is 2.20 bits per heavy atom. The SMILES string of the molecule is CC1CN(C(=O)c2ccccc2SCC(N)=O)CCN1. The molecule has 108 valence electrons. The van der Waals surface area contributed by atoms with E-state index in [1.807, 2.05) is 23.1 Å². The third-order valence-corrected chi connectivity index (χ3v) is 4.24. The summed E-state index contributed by atoms with van der Waals surface area (Å²) in [5.41, 5.74) is 5.81. The van der Waals surface area contributed by atoms with Gasteiger partial charge in [0.2, 0.25) is 5.91 Å². The molecule has 0 saturated carbocycles. The molecule has 1 aliphatic rings. The first-order valence-electron chi connectivity index (χ1n) is 6.60. The molecule has 1 aliphatic heterocycles. The van der Waals surface area contributed by atoms with E-state index in [0.29, 0.717) is 24.7 Å². The molecule has 1 aromatic rings. The van der Waals surface area contributed by atoms with Crippen LogP contribution in [0.1, 0.15) is 17.3 Å². The number of rotatable bonds is 4. The van der Waals surface area contributed by atoms with Crippen molar-refractivity contribution < 1.29 is 9.59 Å². The lowest BCUT2D eigenvalue weighted by Gasteiger charge is -2.32. The maximum absolute atomic E-state index is 12.6. The van der Waals surface area contributed by atoms with Crippen molar-refractivity contribution in [2.24, 2.45) is 5.73 Å². The minimum absolute atomic E-state index is 0.0194. The maximum Gasteiger partial charge on any atom is 0.255 e. The molecule has 2 rings (SSSR count). The second-order valence-corrected chi connectivity index (χ2v) is 5.87. The Labute approximate surface area is 122 Å². The smallest absolute Gasteiger partial charge is 0.255 e. The fourth-order valence-electron chi connectivity index (χ4n) is 2.21. The molecule has 1 fully saturated rings. The van der Waals surface area contributed by atoms with Gasteiger partial charge >= 0.3 is 0 Å².